The molecule has 184 valence electrons. The van der Waals surface area contributed by atoms with Gasteiger partial charge in [0.05, 0.1) is 30.5 Å². The van der Waals surface area contributed by atoms with Crippen LogP contribution in [0, 0.1) is 13.8 Å². The third-order valence-corrected chi connectivity index (χ3v) is 6.11. The molecule has 9 heteroatoms. The molecule has 0 atom stereocenters. The number of aryl methyl sites for hydroxylation is 1. The van der Waals surface area contributed by atoms with E-state index in [1.807, 2.05) is 0 Å². The largest absolute Gasteiger partial charge is 0.496 e. The van der Waals surface area contributed by atoms with E-state index in [-0.39, 0.29) is 29.3 Å². The molecule has 0 bridgehead atoms. The topological polar surface area (TPSA) is 123 Å². The Hall–Kier alpha value is -4.53. The number of benzene rings is 2. The van der Waals surface area contributed by atoms with Crippen molar-refractivity contribution in [2.75, 3.05) is 13.7 Å². The van der Waals surface area contributed by atoms with Gasteiger partial charge in [0.15, 0.2) is 12.4 Å². The van der Waals surface area contributed by atoms with Gasteiger partial charge in [-0.25, -0.2) is 4.79 Å². The van der Waals surface area contributed by atoms with Gasteiger partial charge < -0.3 is 14.5 Å². The van der Waals surface area contributed by atoms with E-state index in [9.17, 15) is 24.0 Å². The quantitative estimate of drug-likeness (QED) is 0.291. The number of hydrogen-bond acceptors (Lipinski definition) is 7. The zero-order chi connectivity index (χ0) is 26.1. The van der Waals surface area contributed by atoms with Crippen molar-refractivity contribution in [3.05, 3.63) is 87.2 Å². The Kier molecular flexibility index (Phi) is 6.57. The van der Waals surface area contributed by atoms with Crippen LogP contribution in [-0.4, -0.2) is 53.0 Å². The van der Waals surface area contributed by atoms with E-state index in [2.05, 4.69) is 4.98 Å². The summed E-state index contributed by atoms with van der Waals surface area (Å²) < 4.78 is 10.5. The number of rotatable bonds is 8. The van der Waals surface area contributed by atoms with E-state index >= 15 is 0 Å². The first-order valence-electron chi connectivity index (χ1n) is 11.2. The number of fused-ring (bicyclic) bond motifs is 1. The molecule has 0 saturated heterocycles. The van der Waals surface area contributed by atoms with Crippen molar-refractivity contribution in [2.24, 2.45) is 0 Å². The lowest BCUT2D eigenvalue weighted by atomic mass is 10.1. The summed E-state index contributed by atoms with van der Waals surface area (Å²) in [4.78, 5) is 66.7. The maximum absolute atomic E-state index is 12.9. The number of carbonyl (C=O) groups excluding carboxylic acids is 5. The van der Waals surface area contributed by atoms with Crippen molar-refractivity contribution >= 4 is 29.4 Å². The molecule has 36 heavy (non-hydrogen) atoms. The molecule has 1 aliphatic rings. The van der Waals surface area contributed by atoms with Gasteiger partial charge in [-0.2, -0.15) is 0 Å². The number of methoxy groups -OCH3 is 1. The van der Waals surface area contributed by atoms with Crippen LogP contribution in [0.1, 0.15) is 75.7 Å². The Balaban J connectivity index is 1.51. The molecule has 1 aromatic heterocycles. The lowest BCUT2D eigenvalue weighted by Crippen LogP contribution is -2.29. The van der Waals surface area contributed by atoms with Crippen molar-refractivity contribution in [3.8, 4) is 5.75 Å². The van der Waals surface area contributed by atoms with Crippen LogP contribution in [0.15, 0.2) is 42.5 Å². The molecule has 2 aromatic carbocycles. The smallest absolute Gasteiger partial charge is 0.342 e. The third-order valence-electron chi connectivity index (χ3n) is 6.11. The average molecular weight is 488 g/mol. The highest BCUT2D eigenvalue weighted by Crippen LogP contribution is 2.27. The second-order valence-corrected chi connectivity index (χ2v) is 8.46. The molecular formula is C27H24N2O7. The van der Waals surface area contributed by atoms with Crippen LogP contribution in [0.25, 0.3) is 0 Å². The highest BCUT2D eigenvalue weighted by molar-refractivity contribution is 6.21. The molecule has 0 fully saturated rings. The van der Waals surface area contributed by atoms with Gasteiger partial charge in [-0.1, -0.05) is 18.2 Å². The van der Waals surface area contributed by atoms with Crippen molar-refractivity contribution in [2.45, 2.75) is 27.3 Å². The molecule has 4 rings (SSSR count). The summed E-state index contributed by atoms with van der Waals surface area (Å²) in [5, 5.41) is 0. The van der Waals surface area contributed by atoms with Gasteiger partial charge in [-0.3, -0.25) is 24.1 Å². The fraction of sp³-hybridized carbons (Fsp3) is 0.222. The molecule has 2 amide bonds. The van der Waals surface area contributed by atoms with E-state index < -0.39 is 30.2 Å². The van der Waals surface area contributed by atoms with Gasteiger partial charge in [0.25, 0.3) is 11.8 Å². The number of nitrogens with zero attached hydrogens (tertiary/aromatic N) is 1. The van der Waals surface area contributed by atoms with Crippen LogP contribution < -0.4 is 4.74 Å². The normalized spacial score (nSPS) is 12.5. The van der Waals surface area contributed by atoms with Crippen molar-refractivity contribution in [1.29, 1.82) is 0 Å². The number of ketones is 2. The molecule has 3 aromatic rings. The fourth-order valence-electron chi connectivity index (χ4n) is 4.42. The Bertz CT molecular complexity index is 1400. The molecule has 0 unspecified atom stereocenters. The maximum atomic E-state index is 12.9. The van der Waals surface area contributed by atoms with Crippen LogP contribution in [0.2, 0.25) is 0 Å². The number of amides is 2. The van der Waals surface area contributed by atoms with E-state index in [0.717, 1.165) is 4.90 Å². The number of ether oxygens (including phenoxy) is 2. The SMILES string of the molecule is COc1ccc(CN2C(=O)c3ccccc3C2=O)cc1C(=O)OCC(=O)c1[nH]c(C)c(C(C)=O)c1C. The number of Topliss-reactive ketones (excluding diaryl/α,β-unsaturated/α-hetero) is 2. The van der Waals surface area contributed by atoms with Crippen LogP contribution >= 0.6 is 0 Å². The Morgan fingerprint density at radius 3 is 2.17 bits per heavy atom. The van der Waals surface area contributed by atoms with E-state index in [4.69, 9.17) is 9.47 Å². The first kappa shape index (κ1) is 24.6. The monoisotopic (exact) mass is 488 g/mol. The molecule has 2 heterocycles. The number of nitrogens with one attached hydrogen (secondary N) is 1. The lowest BCUT2D eigenvalue weighted by Gasteiger charge is -2.16. The minimum absolute atomic E-state index is 0.0447. The molecule has 0 aliphatic carbocycles. The molecule has 0 radical (unpaired) electrons. The number of imide groups is 1. The predicted octanol–water partition coefficient (Wildman–Crippen LogP) is 3.68. The van der Waals surface area contributed by atoms with Gasteiger partial charge in [0.1, 0.15) is 11.3 Å². The Morgan fingerprint density at radius 2 is 1.61 bits per heavy atom. The second-order valence-electron chi connectivity index (χ2n) is 8.46. The van der Waals surface area contributed by atoms with Gasteiger partial charge >= 0.3 is 5.97 Å². The highest BCUT2D eigenvalue weighted by Gasteiger charge is 2.35. The fourth-order valence-corrected chi connectivity index (χ4v) is 4.42. The molecule has 0 spiro atoms. The number of carbonyl (C=O) groups is 5. The van der Waals surface area contributed by atoms with Crippen LogP contribution in [-0.2, 0) is 11.3 Å². The van der Waals surface area contributed by atoms with E-state index in [1.165, 1.54) is 26.2 Å². The van der Waals surface area contributed by atoms with Crippen molar-refractivity contribution in [1.82, 2.24) is 9.88 Å². The predicted molar refractivity (Wildman–Crippen MR) is 129 cm³/mol. The summed E-state index contributed by atoms with van der Waals surface area (Å²) in [5.41, 5.74) is 2.92. The van der Waals surface area contributed by atoms with Crippen molar-refractivity contribution < 1.29 is 33.4 Å². The zero-order valence-corrected chi connectivity index (χ0v) is 20.3. The summed E-state index contributed by atoms with van der Waals surface area (Å²) in [6.07, 6.45) is 0. The first-order valence-corrected chi connectivity index (χ1v) is 11.2. The van der Waals surface area contributed by atoms with Crippen LogP contribution in [0.3, 0.4) is 0 Å². The van der Waals surface area contributed by atoms with E-state index in [1.54, 1.807) is 44.2 Å². The average Bonchev–Trinajstić information content (AvgIpc) is 3.30. The highest BCUT2D eigenvalue weighted by atomic mass is 16.5. The number of hydrogen-bond donors (Lipinski definition) is 1. The van der Waals surface area contributed by atoms with Gasteiger partial charge in [-0.05, 0) is 56.2 Å². The third kappa shape index (κ3) is 4.31. The number of H-pyrrole nitrogens is 1. The summed E-state index contributed by atoms with van der Waals surface area (Å²) in [6.45, 7) is 4.16. The molecule has 9 nitrogen and oxygen atoms in total. The van der Waals surface area contributed by atoms with Gasteiger partial charge in [0, 0.05) is 11.3 Å². The van der Waals surface area contributed by atoms with Crippen molar-refractivity contribution in [3.63, 3.8) is 0 Å². The van der Waals surface area contributed by atoms with Gasteiger partial charge in [-0.15, -0.1) is 0 Å². The van der Waals surface area contributed by atoms with Crippen LogP contribution in [0.5, 0.6) is 5.75 Å². The summed E-state index contributed by atoms with van der Waals surface area (Å²) in [7, 11) is 1.38. The number of aromatic amines is 1. The molecule has 0 saturated carbocycles. The zero-order valence-electron chi connectivity index (χ0n) is 20.3. The molecule has 1 N–H and O–H groups in total. The first-order chi connectivity index (χ1) is 17.1. The summed E-state index contributed by atoms with van der Waals surface area (Å²) >= 11 is 0. The maximum Gasteiger partial charge on any atom is 0.342 e. The van der Waals surface area contributed by atoms with E-state index in [0.29, 0.717) is 33.5 Å². The minimum Gasteiger partial charge on any atom is -0.496 e. The summed E-state index contributed by atoms with van der Waals surface area (Å²) in [5.74, 6) is -2.08. The molecular weight excluding hydrogens is 464 g/mol. The second kappa shape index (κ2) is 9.61. The number of aromatic nitrogens is 1. The Labute approximate surface area is 207 Å². The van der Waals surface area contributed by atoms with Crippen LogP contribution in [0.4, 0.5) is 0 Å². The number of esters is 1. The standard InChI is InChI=1S/C27H24N2O7/c1-14-23(16(3)30)15(2)28-24(14)21(31)13-36-27(34)20-11-17(9-10-22(20)35-4)12-29-25(32)18-7-5-6-8-19(18)26(29)33/h5-11,28H,12-13H2,1-4H3. The molecule has 1 aliphatic heterocycles. The lowest BCUT2D eigenvalue weighted by molar-refractivity contribution is 0.0470. The summed E-state index contributed by atoms with van der Waals surface area (Å²) in [6, 6.07) is 11.2. The van der Waals surface area contributed by atoms with Gasteiger partial charge in [0.2, 0.25) is 5.78 Å². The Morgan fingerprint density at radius 1 is 0.972 bits per heavy atom. The minimum atomic E-state index is -0.808.